The van der Waals surface area contributed by atoms with Crippen molar-refractivity contribution in [3.05, 3.63) is 0 Å². The quantitative estimate of drug-likeness (QED) is 0.523. The molecule has 0 saturated carbocycles. The topological polar surface area (TPSA) is 58.9 Å². The third kappa shape index (κ3) is 1.90. The van der Waals surface area contributed by atoms with E-state index in [9.17, 15) is 10.2 Å². The van der Waals surface area contributed by atoms with Gasteiger partial charge in [-0.3, -0.25) is 0 Å². The van der Waals surface area contributed by atoms with Gasteiger partial charge in [0.05, 0.1) is 16.1 Å². The van der Waals surface area contributed by atoms with Crippen molar-refractivity contribution in [2.45, 2.75) is 35.5 Å². The van der Waals surface area contributed by atoms with Gasteiger partial charge in [-0.1, -0.05) is 22.6 Å². The predicted octanol–water partition coefficient (Wildman–Crippen LogP) is -0.0970. The molecule has 5 heteroatoms. The van der Waals surface area contributed by atoms with Crippen LogP contribution in [0.3, 0.4) is 0 Å². The summed E-state index contributed by atoms with van der Waals surface area (Å²) in [6, 6.07) is 0. The lowest BCUT2D eigenvalue weighted by Crippen LogP contribution is -2.54. The first-order valence-corrected chi connectivity index (χ1v) is 5.01. The van der Waals surface area contributed by atoms with Crippen molar-refractivity contribution in [3.8, 4) is 0 Å². The maximum atomic E-state index is 9.50. The van der Waals surface area contributed by atoms with Crippen molar-refractivity contribution in [3.63, 3.8) is 0 Å². The monoisotopic (exact) mass is 288 g/mol. The Morgan fingerprint density at radius 3 is 2.42 bits per heavy atom. The molecule has 1 fully saturated rings. The molecule has 0 aromatic carbocycles. The fourth-order valence-corrected chi connectivity index (χ4v) is 1.78. The van der Waals surface area contributed by atoms with Crippen molar-refractivity contribution in [1.82, 2.24) is 0 Å². The molecule has 4 nitrogen and oxygen atoms in total. The third-order valence-electron chi connectivity index (χ3n) is 1.98. The molecule has 1 rings (SSSR count). The zero-order valence-electron chi connectivity index (χ0n) is 6.98. The molecule has 0 spiro atoms. The smallest absolute Gasteiger partial charge is 0.186 e. The number of aliphatic hydroxyl groups excluding tert-OH is 2. The van der Waals surface area contributed by atoms with E-state index in [4.69, 9.17) is 9.47 Å². The summed E-state index contributed by atoms with van der Waals surface area (Å²) in [4.78, 5) is 0. The van der Waals surface area contributed by atoms with E-state index in [0.717, 1.165) is 0 Å². The first-order valence-electron chi connectivity index (χ1n) is 3.76. The van der Waals surface area contributed by atoms with Crippen LogP contribution < -0.4 is 0 Å². The fraction of sp³-hybridized carbons (Fsp3) is 1.00. The molecule has 0 aliphatic carbocycles. The molecule has 1 aliphatic rings. The molecule has 12 heavy (non-hydrogen) atoms. The number of aliphatic hydroxyl groups is 2. The molecule has 0 amide bonds. The summed E-state index contributed by atoms with van der Waals surface area (Å²) in [6.45, 7) is 1.85. The van der Waals surface area contributed by atoms with E-state index < -0.39 is 18.5 Å². The number of ether oxygens (including phenoxy) is 2. The van der Waals surface area contributed by atoms with Crippen molar-refractivity contribution >= 4 is 22.6 Å². The summed E-state index contributed by atoms with van der Waals surface area (Å²) < 4.78 is 10.1. The van der Waals surface area contributed by atoms with E-state index in [1.807, 2.05) is 6.92 Å². The van der Waals surface area contributed by atoms with Crippen LogP contribution in [0.1, 0.15) is 6.92 Å². The molecule has 0 aromatic heterocycles. The molecular formula is C7H13IO4. The van der Waals surface area contributed by atoms with Crippen LogP contribution in [0.25, 0.3) is 0 Å². The predicted molar refractivity (Wildman–Crippen MR) is 51.2 cm³/mol. The average molecular weight is 288 g/mol. The van der Waals surface area contributed by atoms with Gasteiger partial charge < -0.3 is 19.7 Å². The Labute approximate surface area is 85.0 Å². The van der Waals surface area contributed by atoms with Crippen LogP contribution >= 0.6 is 22.6 Å². The van der Waals surface area contributed by atoms with Gasteiger partial charge in [-0.15, -0.1) is 0 Å². The van der Waals surface area contributed by atoms with Gasteiger partial charge in [-0.2, -0.15) is 0 Å². The van der Waals surface area contributed by atoms with Crippen LogP contribution in [0.15, 0.2) is 0 Å². The summed E-state index contributed by atoms with van der Waals surface area (Å²) in [5, 5.41) is 18.9. The first-order chi connectivity index (χ1) is 5.57. The number of rotatable bonds is 1. The summed E-state index contributed by atoms with van der Waals surface area (Å²) in [6.07, 6.45) is -2.54. The molecule has 5 atom stereocenters. The van der Waals surface area contributed by atoms with Crippen LogP contribution in [0.4, 0.5) is 0 Å². The number of hydrogen-bond acceptors (Lipinski definition) is 4. The molecule has 2 N–H and O–H groups in total. The minimum absolute atomic E-state index is 0.0935. The molecule has 72 valence electrons. The third-order valence-corrected chi connectivity index (χ3v) is 3.73. The molecule has 0 bridgehead atoms. The van der Waals surface area contributed by atoms with Crippen LogP contribution in [-0.2, 0) is 9.47 Å². The Bertz CT molecular complexity index is 150. The number of alkyl halides is 1. The van der Waals surface area contributed by atoms with Crippen molar-refractivity contribution < 1.29 is 19.7 Å². The Balaban J connectivity index is 2.63. The maximum absolute atomic E-state index is 9.50. The number of halogens is 1. The summed E-state index contributed by atoms with van der Waals surface area (Å²) in [5.74, 6) is 0. The van der Waals surface area contributed by atoms with Gasteiger partial charge in [0.15, 0.2) is 6.29 Å². The van der Waals surface area contributed by atoms with E-state index in [-0.39, 0.29) is 10.0 Å². The SMILES string of the molecule is CO[C@@H]1O[C@@H](C)[C@H](I)[C@@H](O)[C@@H]1O. The van der Waals surface area contributed by atoms with Gasteiger partial charge in [-0.05, 0) is 6.92 Å². The molecule has 1 heterocycles. The van der Waals surface area contributed by atoms with Crippen LogP contribution in [0, 0.1) is 0 Å². The minimum Gasteiger partial charge on any atom is -0.389 e. The standard InChI is InChI=1S/C7H13IO4/c1-3-4(8)5(9)6(10)7(11-2)12-3/h3-7,9-10H,1-2H3/t3-,4-,5+,6-,7+/m0/s1. The number of methoxy groups -OCH3 is 1. The minimum atomic E-state index is -0.951. The lowest BCUT2D eigenvalue weighted by atomic mass is 10.0. The van der Waals surface area contributed by atoms with E-state index in [1.165, 1.54) is 7.11 Å². The van der Waals surface area contributed by atoms with Crippen molar-refractivity contribution in [1.29, 1.82) is 0 Å². The highest BCUT2D eigenvalue weighted by Crippen LogP contribution is 2.26. The van der Waals surface area contributed by atoms with E-state index in [0.29, 0.717) is 0 Å². The van der Waals surface area contributed by atoms with Gasteiger partial charge in [0.25, 0.3) is 0 Å². The Morgan fingerprint density at radius 1 is 1.33 bits per heavy atom. The zero-order chi connectivity index (χ0) is 9.30. The van der Waals surface area contributed by atoms with Gasteiger partial charge >= 0.3 is 0 Å². The highest BCUT2D eigenvalue weighted by molar-refractivity contribution is 14.1. The Kier molecular flexibility index (Phi) is 3.72. The highest BCUT2D eigenvalue weighted by atomic mass is 127. The van der Waals surface area contributed by atoms with Crippen LogP contribution in [-0.4, -0.2) is 45.8 Å². The lowest BCUT2D eigenvalue weighted by molar-refractivity contribution is -0.249. The van der Waals surface area contributed by atoms with E-state index in [1.54, 1.807) is 0 Å². The summed E-state index contributed by atoms with van der Waals surface area (Å²) >= 11 is 2.06. The molecule has 0 radical (unpaired) electrons. The van der Waals surface area contributed by atoms with Gasteiger partial charge in [0, 0.05) is 7.11 Å². The number of hydrogen-bond donors (Lipinski definition) is 2. The second kappa shape index (κ2) is 4.19. The normalized spacial score (nSPS) is 49.2. The Morgan fingerprint density at radius 2 is 1.92 bits per heavy atom. The van der Waals surface area contributed by atoms with Gasteiger partial charge in [0.2, 0.25) is 0 Å². The molecule has 1 saturated heterocycles. The van der Waals surface area contributed by atoms with Crippen LogP contribution in [0.2, 0.25) is 0 Å². The second-order valence-electron chi connectivity index (χ2n) is 2.87. The van der Waals surface area contributed by atoms with E-state index >= 15 is 0 Å². The fourth-order valence-electron chi connectivity index (χ4n) is 1.19. The van der Waals surface area contributed by atoms with Crippen molar-refractivity contribution in [2.75, 3.05) is 7.11 Å². The molecule has 0 unspecified atom stereocenters. The average Bonchev–Trinajstić information content (AvgIpc) is 2.08. The zero-order valence-corrected chi connectivity index (χ0v) is 9.13. The summed E-state index contributed by atoms with van der Waals surface area (Å²) in [7, 11) is 1.45. The Hall–Kier alpha value is 0.570. The highest BCUT2D eigenvalue weighted by Gasteiger charge is 2.41. The summed E-state index contributed by atoms with van der Waals surface area (Å²) in [5.41, 5.74) is 0. The molecule has 1 aliphatic heterocycles. The maximum Gasteiger partial charge on any atom is 0.186 e. The van der Waals surface area contributed by atoms with Gasteiger partial charge in [0.1, 0.15) is 6.10 Å². The van der Waals surface area contributed by atoms with Gasteiger partial charge in [-0.25, -0.2) is 0 Å². The first kappa shape index (κ1) is 10.6. The van der Waals surface area contributed by atoms with Crippen LogP contribution in [0.5, 0.6) is 0 Å². The lowest BCUT2D eigenvalue weighted by Gasteiger charge is -2.38. The van der Waals surface area contributed by atoms with E-state index in [2.05, 4.69) is 22.6 Å². The largest absolute Gasteiger partial charge is 0.389 e. The molecule has 0 aromatic rings. The molecular weight excluding hydrogens is 275 g/mol. The van der Waals surface area contributed by atoms with Crippen molar-refractivity contribution in [2.24, 2.45) is 0 Å². The second-order valence-corrected chi connectivity index (χ2v) is 4.31.